The number of hydrogen-bond acceptors (Lipinski definition) is 4. The van der Waals surface area contributed by atoms with Gasteiger partial charge >= 0.3 is 0 Å². The van der Waals surface area contributed by atoms with Crippen LogP contribution in [-0.4, -0.2) is 44.3 Å². The van der Waals surface area contributed by atoms with Crippen molar-refractivity contribution in [3.8, 4) is 0 Å². The number of benzene rings is 4. The number of amides is 2. The molecule has 1 N–H and O–H groups in total. The highest BCUT2D eigenvalue weighted by Gasteiger charge is 2.35. The summed E-state index contributed by atoms with van der Waals surface area (Å²) in [4.78, 5) is 30.1. The molecule has 0 aliphatic heterocycles. The van der Waals surface area contributed by atoms with Crippen molar-refractivity contribution < 1.29 is 18.0 Å². The Morgan fingerprint density at radius 2 is 1.36 bits per heavy atom. The normalized spacial score (nSPS) is 12.0. The van der Waals surface area contributed by atoms with Gasteiger partial charge in [0.25, 0.3) is 10.0 Å². The molecule has 0 saturated carbocycles. The topological polar surface area (TPSA) is 86.8 Å². The summed E-state index contributed by atoms with van der Waals surface area (Å²) in [6.45, 7) is 9.89. The summed E-state index contributed by atoms with van der Waals surface area (Å²) in [6, 6.07) is 30.1. The van der Waals surface area contributed by atoms with Gasteiger partial charge in [0.2, 0.25) is 11.8 Å². The van der Waals surface area contributed by atoms with Gasteiger partial charge in [0, 0.05) is 19.5 Å². The molecule has 4 aromatic carbocycles. The molecule has 4 rings (SSSR count). The van der Waals surface area contributed by atoms with Crippen LogP contribution in [-0.2, 0) is 32.6 Å². The second-order valence-corrected chi connectivity index (χ2v) is 13.8. The van der Waals surface area contributed by atoms with Crippen LogP contribution in [0.25, 0.3) is 0 Å². The van der Waals surface area contributed by atoms with Gasteiger partial charge in [-0.1, -0.05) is 110 Å². The van der Waals surface area contributed by atoms with Crippen LogP contribution in [0.15, 0.2) is 108 Å². The number of hydrogen-bond donors (Lipinski definition) is 1. The second kappa shape index (κ2) is 15.0. The molecule has 1 atom stereocenters. The molecule has 4 aromatic rings. The number of aryl methyl sites for hydroxylation is 3. The van der Waals surface area contributed by atoms with E-state index in [-0.39, 0.29) is 29.7 Å². The maximum Gasteiger partial charge on any atom is 0.264 e. The standard InChI is InChI=1S/C37H43N3O4S/c1-27(2)24-38-37(42)35(23-31-12-8-6-9-13-31)39(25-32-19-16-28(3)17-20-32)36(41)26-40(34-21-18-29(4)22-30(34)5)45(43,44)33-14-10-7-11-15-33/h6-22,27,35H,23-26H2,1-5H3,(H,38,42)/t35-/m0/s1. The number of rotatable bonds is 13. The van der Waals surface area contributed by atoms with Crippen LogP contribution in [0.3, 0.4) is 0 Å². The monoisotopic (exact) mass is 625 g/mol. The maximum atomic E-state index is 14.6. The molecule has 0 aliphatic rings. The van der Waals surface area contributed by atoms with Crippen LogP contribution < -0.4 is 9.62 Å². The highest BCUT2D eigenvalue weighted by molar-refractivity contribution is 7.92. The summed E-state index contributed by atoms with van der Waals surface area (Å²) in [5, 5.41) is 3.02. The zero-order chi connectivity index (χ0) is 32.6. The van der Waals surface area contributed by atoms with E-state index in [1.807, 2.05) is 101 Å². The molecule has 0 unspecified atom stereocenters. The predicted molar refractivity (Wildman–Crippen MR) is 180 cm³/mol. The van der Waals surface area contributed by atoms with Crippen molar-refractivity contribution in [1.29, 1.82) is 0 Å². The Hall–Kier alpha value is -4.43. The van der Waals surface area contributed by atoms with Gasteiger partial charge in [0.1, 0.15) is 12.6 Å². The van der Waals surface area contributed by atoms with Gasteiger partial charge in [-0.2, -0.15) is 0 Å². The fourth-order valence-electron chi connectivity index (χ4n) is 5.18. The van der Waals surface area contributed by atoms with Gasteiger partial charge in [0.15, 0.2) is 0 Å². The van der Waals surface area contributed by atoms with Crippen molar-refractivity contribution in [2.45, 2.75) is 58.5 Å². The third-order valence-electron chi connectivity index (χ3n) is 7.66. The molecule has 236 valence electrons. The molecule has 7 nitrogen and oxygen atoms in total. The van der Waals surface area contributed by atoms with Gasteiger partial charge in [-0.3, -0.25) is 13.9 Å². The first-order valence-corrected chi connectivity index (χ1v) is 16.7. The van der Waals surface area contributed by atoms with E-state index in [0.717, 1.165) is 27.8 Å². The molecule has 0 fully saturated rings. The van der Waals surface area contributed by atoms with Gasteiger partial charge < -0.3 is 10.2 Å². The molecule has 0 heterocycles. The molecule has 0 aromatic heterocycles. The van der Waals surface area contributed by atoms with E-state index in [0.29, 0.717) is 12.2 Å². The minimum Gasteiger partial charge on any atom is -0.354 e. The number of nitrogens with zero attached hydrogens (tertiary/aromatic N) is 2. The average Bonchev–Trinajstić information content (AvgIpc) is 3.02. The highest BCUT2D eigenvalue weighted by atomic mass is 32.2. The Labute approximate surface area is 268 Å². The molecule has 0 radical (unpaired) electrons. The summed E-state index contributed by atoms with van der Waals surface area (Å²) in [5.41, 5.74) is 4.92. The molecule has 2 amide bonds. The van der Waals surface area contributed by atoms with E-state index >= 15 is 0 Å². The summed E-state index contributed by atoms with van der Waals surface area (Å²) >= 11 is 0. The van der Waals surface area contributed by atoms with Gasteiger partial charge in [-0.25, -0.2) is 8.42 Å². The predicted octanol–water partition coefficient (Wildman–Crippen LogP) is 6.22. The molecular formula is C37H43N3O4S. The molecular weight excluding hydrogens is 582 g/mol. The molecule has 0 spiro atoms. The molecule has 0 bridgehead atoms. The van der Waals surface area contributed by atoms with E-state index in [9.17, 15) is 18.0 Å². The van der Waals surface area contributed by atoms with Crippen LogP contribution in [0.2, 0.25) is 0 Å². The molecule has 8 heteroatoms. The zero-order valence-electron chi connectivity index (χ0n) is 26.7. The Bertz CT molecular complexity index is 1690. The van der Waals surface area contributed by atoms with Gasteiger partial charge in [0.05, 0.1) is 10.6 Å². The maximum absolute atomic E-state index is 14.6. The number of carbonyl (C=O) groups is 2. The van der Waals surface area contributed by atoms with Crippen LogP contribution in [0.5, 0.6) is 0 Å². The Balaban J connectivity index is 1.81. The summed E-state index contributed by atoms with van der Waals surface area (Å²) in [5.74, 6) is -0.545. The fourth-order valence-corrected chi connectivity index (χ4v) is 6.68. The Kier molecular flexibility index (Phi) is 11.2. The Morgan fingerprint density at radius 1 is 0.756 bits per heavy atom. The quantitative estimate of drug-likeness (QED) is 0.191. The fraction of sp³-hybridized carbons (Fsp3) is 0.297. The Morgan fingerprint density at radius 3 is 1.96 bits per heavy atom. The van der Waals surface area contributed by atoms with Crippen molar-refractivity contribution in [3.05, 3.63) is 131 Å². The SMILES string of the molecule is Cc1ccc(CN(C(=O)CN(c2ccc(C)cc2C)S(=O)(=O)c2ccccc2)[C@@H](Cc2ccccc2)C(=O)NCC(C)C)cc1. The van der Waals surface area contributed by atoms with E-state index in [1.54, 1.807) is 24.3 Å². The van der Waals surface area contributed by atoms with Crippen molar-refractivity contribution in [2.75, 3.05) is 17.4 Å². The zero-order valence-corrected chi connectivity index (χ0v) is 27.6. The second-order valence-electron chi connectivity index (χ2n) is 12.0. The highest BCUT2D eigenvalue weighted by Crippen LogP contribution is 2.28. The van der Waals surface area contributed by atoms with Gasteiger partial charge in [-0.05, 0) is 61.6 Å². The number of nitrogens with one attached hydrogen (secondary N) is 1. The van der Waals surface area contributed by atoms with Crippen LogP contribution in [0.1, 0.15) is 41.7 Å². The van der Waals surface area contributed by atoms with Gasteiger partial charge in [-0.15, -0.1) is 0 Å². The van der Waals surface area contributed by atoms with E-state index in [4.69, 9.17) is 0 Å². The summed E-state index contributed by atoms with van der Waals surface area (Å²) in [7, 11) is -4.14. The summed E-state index contributed by atoms with van der Waals surface area (Å²) < 4.78 is 29.5. The lowest BCUT2D eigenvalue weighted by Crippen LogP contribution is -2.53. The first kappa shape index (κ1) is 33.5. The number of anilines is 1. The van der Waals surface area contributed by atoms with Crippen LogP contribution in [0.4, 0.5) is 5.69 Å². The average molecular weight is 626 g/mol. The lowest BCUT2D eigenvalue weighted by molar-refractivity contribution is -0.140. The third-order valence-corrected chi connectivity index (χ3v) is 9.43. The minimum atomic E-state index is -4.14. The van der Waals surface area contributed by atoms with E-state index in [2.05, 4.69) is 5.32 Å². The van der Waals surface area contributed by atoms with E-state index in [1.165, 1.54) is 21.3 Å². The molecule has 0 aliphatic carbocycles. The third kappa shape index (κ3) is 8.82. The van der Waals surface area contributed by atoms with Crippen LogP contribution >= 0.6 is 0 Å². The minimum absolute atomic E-state index is 0.0818. The first-order valence-electron chi connectivity index (χ1n) is 15.3. The number of sulfonamides is 1. The van der Waals surface area contributed by atoms with E-state index < -0.39 is 28.5 Å². The lowest BCUT2D eigenvalue weighted by Gasteiger charge is -2.34. The van der Waals surface area contributed by atoms with Crippen molar-refractivity contribution in [3.63, 3.8) is 0 Å². The number of carbonyl (C=O) groups excluding carboxylic acids is 2. The van der Waals surface area contributed by atoms with Crippen molar-refractivity contribution in [1.82, 2.24) is 10.2 Å². The van der Waals surface area contributed by atoms with Crippen LogP contribution in [0, 0.1) is 26.7 Å². The summed E-state index contributed by atoms with van der Waals surface area (Å²) in [6.07, 6.45) is 0.275. The van der Waals surface area contributed by atoms with Crippen molar-refractivity contribution in [2.24, 2.45) is 5.92 Å². The van der Waals surface area contributed by atoms with Crippen molar-refractivity contribution >= 4 is 27.5 Å². The molecule has 0 saturated heterocycles. The lowest BCUT2D eigenvalue weighted by atomic mass is 10.0. The molecule has 45 heavy (non-hydrogen) atoms. The largest absolute Gasteiger partial charge is 0.354 e. The first-order chi connectivity index (χ1) is 21.5. The smallest absolute Gasteiger partial charge is 0.264 e.